The van der Waals surface area contributed by atoms with E-state index < -0.39 is 0 Å². The van der Waals surface area contributed by atoms with Crippen LogP contribution < -0.4 is 10.6 Å². The maximum Gasteiger partial charge on any atom is 0.223 e. The van der Waals surface area contributed by atoms with E-state index in [1.54, 1.807) is 0 Å². The molecule has 2 rings (SSSR count). The zero-order valence-corrected chi connectivity index (χ0v) is 6.76. The zero-order valence-electron chi connectivity index (χ0n) is 6.76. The molecule has 3 nitrogen and oxygen atoms in total. The molecule has 1 saturated carbocycles. The van der Waals surface area contributed by atoms with Crippen LogP contribution in [0, 0.1) is 11.8 Å². The summed E-state index contributed by atoms with van der Waals surface area (Å²) >= 11 is 0. The van der Waals surface area contributed by atoms with Gasteiger partial charge in [0.2, 0.25) is 5.91 Å². The molecule has 2 N–H and O–H groups in total. The zero-order chi connectivity index (χ0) is 7.84. The molecule has 1 saturated heterocycles. The molecular formula is C8H14N2O. The van der Waals surface area contributed by atoms with Crippen molar-refractivity contribution in [2.75, 3.05) is 13.1 Å². The lowest BCUT2D eigenvalue weighted by atomic mass is 10.1. The first-order valence-corrected chi connectivity index (χ1v) is 4.28. The SMILES string of the molecule is CC1CC1C(=O)NC1CNC1. The van der Waals surface area contributed by atoms with E-state index in [4.69, 9.17) is 0 Å². The Kier molecular flexibility index (Phi) is 1.60. The smallest absolute Gasteiger partial charge is 0.223 e. The molecule has 1 aliphatic carbocycles. The number of carbonyl (C=O) groups excluding carboxylic acids is 1. The lowest BCUT2D eigenvalue weighted by Gasteiger charge is -2.27. The van der Waals surface area contributed by atoms with Crippen molar-refractivity contribution in [1.29, 1.82) is 0 Å². The number of hydrogen-bond donors (Lipinski definition) is 2. The molecule has 1 amide bonds. The lowest BCUT2D eigenvalue weighted by Crippen LogP contribution is -2.57. The molecule has 11 heavy (non-hydrogen) atoms. The highest BCUT2D eigenvalue weighted by Gasteiger charge is 2.40. The average molecular weight is 154 g/mol. The van der Waals surface area contributed by atoms with Gasteiger partial charge in [0.05, 0.1) is 6.04 Å². The van der Waals surface area contributed by atoms with E-state index in [1.807, 2.05) is 0 Å². The first kappa shape index (κ1) is 7.10. The minimum atomic E-state index is 0.268. The summed E-state index contributed by atoms with van der Waals surface area (Å²) < 4.78 is 0. The first-order valence-electron chi connectivity index (χ1n) is 4.28. The van der Waals surface area contributed by atoms with E-state index in [9.17, 15) is 4.79 Å². The van der Waals surface area contributed by atoms with Gasteiger partial charge in [-0.05, 0) is 12.3 Å². The van der Waals surface area contributed by atoms with E-state index in [-0.39, 0.29) is 5.91 Å². The van der Waals surface area contributed by atoms with Crippen LogP contribution in [0.15, 0.2) is 0 Å². The third kappa shape index (κ3) is 1.38. The van der Waals surface area contributed by atoms with Crippen molar-refractivity contribution in [3.8, 4) is 0 Å². The lowest BCUT2D eigenvalue weighted by molar-refractivity contribution is -0.123. The molecule has 0 aromatic rings. The highest BCUT2D eigenvalue weighted by atomic mass is 16.2. The van der Waals surface area contributed by atoms with E-state index >= 15 is 0 Å². The van der Waals surface area contributed by atoms with Gasteiger partial charge < -0.3 is 10.6 Å². The summed E-state index contributed by atoms with van der Waals surface area (Å²) in [5.74, 6) is 1.22. The second-order valence-electron chi connectivity index (χ2n) is 3.68. The summed E-state index contributed by atoms with van der Waals surface area (Å²) in [7, 11) is 0. The molecule has 2 aliphatic rings. The number of rotatable bonds is 2. The van der Waals surface area contributed by atoms with Crippen LogP contribution in [0.25, 0.3) is 0 Å². The Hall–Kier alpha value is -0.570. The van der Waals surface area contributed by atoms with Gasteiger partial charge in [-0.25, -0.2) is 0 Å². The van der Waals surface area contributed by atoms with E-state index in [1.165, 1.54) is 0 Å². The maximum absolute atomic E-state index is 11.3. The third-order valence-electron chi connectivity index (χ3n) is 2.57. The van der Waals surface area contributed by atoms with Crippen LogP contribution >= 0.6 is 0 Å². The molecule has 0 radical (unpaired) electrons. The number of nitrogens with one attached hydrogen (secondary N) is 2. The standard InChI is InChI=1S/C8H14N2O/c1-5-2-7(5)8(11)10-6-3-9-4-6/h5-7,9H,2-4H2,1H3,(H,10,11). The van der Waals surface area contributed by atoms with Gasteiger partial charge in [0, 0.05) is 19.0 Å². The molecule has 0 aromatic heterocycles. The van der Waals surface area contributed by atoms with Gasteiger partial charge in [0.25, 0.3) is 0 Å². The summed E-state index contributed by atoms with van der Waals surface area (Å²) in [6, 6.07) is 0.412. The van der Waals surface area contributed by atoms with Crippen LogP contribution in [-0.4, -0.2) is 25.0 Å². The van der Waals surface area contributed by atoms with Gasteiger partial charge in [0.15, 0.2) is 0 Å². The molecular weight excluding hydrogens is 140 g/mol. The van der Waals surface area contributed by atoms with Crippen LogP contribution in [0.5, 0.6) is 0 Å². The fraction of sp³-hybridized carbons (Fsp3) is 0.875. The minimum absolute atomic E-state index is 0.268. The quantitative estimate of drug-likeness (QED) is 0.575. The summed E-state index contributed by atoms with van der Waals surface area (Å²) in [5, 5.41) is 6.13. The predicted molar refractivity (Wildman–Crippen MR) is 42.1 cm³/mol. The summed E-state index contributed by atoms with van der Waals surface area (Å²) in [4.78, 5) is 11.3. The van der Waals surface area contributed by atoms with Crippen LogP contribution in [0.2, 0.25) is 0 Å². The fourth-order valence-electron chi connectivity index (χ4n) is 1.39. The molecule has 2 atom stereocenters. The Bertz CT molecular complexity index is 177. The maximum atomic E-state index is 11.3. The Balaban J connectivity index is 1.73. The van der Waals surface area contributed by atoms with Crippen LogP contribution in [0.3, 0.4) is 0 Å². The monoisotopic (exact) mass is 154 g/mol. The predicted octanol–water partition coefficient (Wildman–Crippen LogP) is -0.270. The molecule has 3 heteroatoms. The molecule has 0 spiro atoms. The largest absolute Gasteiger partial charge is 0.351 e. The van der Waals surface area contributed by atoms with Crippen molar-refractivity contribution in [1.82, 2.24) is 10.6 Å². The van der Waals surface area contributed by atoms with Crippen molar-refractivity contribution < 1.29 is 4.79 Å². The van der Waals surface area contributed by atoms with Gasteiger partial charge >= 0.3 is 0 Å². The highest BCUT2D eigenvalue weighted by molar-refractivity contribution is 5.81. The molecule has 2 unspecified atom stereocenters. The van der Waals surface area contributed by atoms with Gasteiger partial charge in [-0.1, -0.05) is 6.92 Å². The normalized spacial score (nSPS) is 36.1. The van der Waals surface area contributed by atoms with Crippen molar-refractivity contribution in [2.24, 2.45) is 11.8 Å². The van der Waals surface area contributed by atoms with Gasteiger partial charge in [0.1, 0.15) is 0 Å². The number of carbonyl (C=O) groups is 1. The van der Waals surface area contributed by atoms with Crippen molar-refractivity contribution in [2.45, 2.75) is 19.4 Å². The average Bonchev–Trinajstić information content (AvgIpc) is 2.57. The highest BCUT2D eigenvalue weighted by Crippen LogP contribution is 2.37. The fourth-order valence-corrected chi connectivity index (χ4v) is 1.39. The first-order chi connectivity index (χ1) is 5.27. The number of amides is 1. The van der Waals surface area contributed by atoms with Gasteiger partial charge in [-0.15, -0.1) is 0 Å². The van der Waals surface area contributed by atoms with Crippen molar-refractivity contribution in [3.63, 3.8) is 0 Å². The summed E-state index contributed by atoms with van der Waals surface area (Å²) in [6.45, 7) is 4.03. The molecule has 0 aromatic carbocycles. The van der Waals surface area contributed by atoms with Crippen LogP contribution in [-0.2, 0) is 4.79 Å². The summed E-state index contributed by atoms with van der Waals surface area (Å²) in [5.41, 5.74) is 0. The Morgan fingerprint density at radius 1 is 1.55 bits per heavy atom. The Labute approximate surface area is 66.5 Å². The van der Waals surface area contributed by atoms with Gasteiger partial charge in [-0.2, -0.15) is 0 Å². The Morgan fingerprint density at radius 3 is 2.55 bits per heavy atom. The second-order valence-corrected chi connectivity index (χ2v) is 3.68. The van der Waals surface area contributed by atoms with Gasteiger partial charge in [-0.3, -0.25) is 4.79 Å². The topological polar surface area (TPSA) is 41.1 Å². The van der Waals surface area contributed by atoms with Crippen LogP contribution in [0.4, 0.5) is 0 Å². The Morgan fingerprint density at radius 2 is 2.18 bits per heavy atom. The second kappa shape index (κ2) is 2.48. The third-order valence-corrected chi connectivity index (χ3v) is 2.57. The van der Waals surface area contributed by atoms with E-state index in [0.717, 1.165) is 19.5 Å². The van der Waals surface area contributed by atoms with Crippen molar-refractivity contribution in [3.05, 3.63) is 0 Å². The number of hydrogen-bond acceptors (Lipinski definition) is 2. The molecule has 1 aliphatic heterocycles. The summed E-state index contributed by atoms with van der Waals surface area (Å²) in [6.07, 6.45) is 1.09. The minimum Gasteiger partial charge on any atom is -0.351 e. The van der Waals surface area contributed by atoms with E-state index in [2.05, 4.69) is 17.6 Å². The van der Waals surface area contributed by atoms with Crippen molar-refractivity contribution >= 4 is 5.91 Å². The molecule has 1 heterocycles. The molecule has 2 fully saturated rings. The molecule has 62 valence electrons. The van der Waals surface area contributed by atoms with E-state index in [0.29, 0.717) is 17.9 Å². The van der Waals surface area contributed by atoms with Crippen LogP contribution in [0.1, 0.15) is 13.3 Å². The molecule has 0 bridgehead atoms.